The highest BCUT2D eigenvalue weighted by Crippen LogP contribution is 2.37. The van der Waals surface area contributed by atoms with Gasteiger partial charge in [-0.05, 0) is 43.2 Å². The zero-order chi connectivity index (χ0) is 17.3. The van der Waals surface area contributed by atoms with Gasteiger partial charge in [0.1, 0.15) is 5.75 Å². The van der Waals surface area contributed by atoms with Gasteiger partial charge in [-0.1, -0.05) is 29.8 Å². The number of rotatable bonds is 5. The lowest BCUT2D eigenvalue weighted by molar-refractivity contribution is -0.136. The van der Waals surface area contributed by atoms with Crippen molar-refractivity contribution in [3.8, 4) is 17.0 Å². The van der Waals surface area contributed by atoms with Crippen LogP contribution in [0.5, 0.6) is 5.75 Å². The number of hydrogen-bond acceptors (Lipinski definition) is 2. The summed E-state index contributed by atoms with van der Waals surface area (Å²) in [5, 5.41) is 10.7. The lowest BCUT2D eigenvalue weighted by atomic mass is 10.0. The first-order valence-electron chi connectivity index (χ1n) is 7.76. The molecular weight excluding hydrogens is 326 g/mol. The lowest BCUT2D eigenvalue weighted by Crippen LogP contribution is -2.01. The Labute approximate surface area is 145 Å². The molecule has 0 fully saturated rings. The van der Waals surface area contributed by atoms with Gasteiger partial charge in [-0.15, -0.1) is 0 Å². The highest BCUT2D eigenvalue weighted by atomic mass is 35.5. The van der Waals surface area contributed by atoms with E-state index >= 15 is 0 Å². The molecule has 24 heavy (non-hydrogen) atoms. The highest BCUT2D eigenvalue weighted by Gasteiger charge is 2.19. The average molecular weight is 344 g/mol. The average Bonchev–Trinajstić information content (AvgIpc) is 2.92. The monoisotopic (exact) mass is 343 g/mol. The number of benzene rings is 2. The van der Waals surface area contributed by atoms with Crippen molar-refractivity contribution in [2.24, 2.45) is 0 Å². The number of hydrogen-bond donors (Lipinski definition) is 2. The van der Waals surface area contributed by atoms with Gasteiger partial charge in [0.15, 0.2) is 0 Å². The SMILES string of the molecule is CCOc1cccc(-c2[nH]c3c(C)ccc(Cl)c3c2CC(=O)O)c1. The minimum Gasteiger partial charge on any atom is -0.494 e. The van der Waals surface area contributed by atoms with E-state index in [-0.39, 0.29) is 6.42 Å². The summed E-state index contributed by atoms with van der Waals surface area (Å²) < 4.78 is 5.55. The summed E-state index contributed by atoms with van der Waals surface area (Å²) in [7, 11) is 0. The van der Waals surface area contributed by atoms with Crippen LogP contribution in [0.25, 0.3) is 22.2 Å². The second-order valence-corrected chi connectivity index (χ2v) is 6.03. The molecule has 0 bridgehead atoms. The van der Waals surface area contributed by atoms with Gasteiger partial charge in [0.2, 0.25) is 0 Å². The molecule has 3 aromatic rings. The predicted molar refractivity (Wildman–Crippen MR) is 96.0 cm³/mol. The van der Waals surface area contributed by atoms with E-state index in [1.54, 1.807) is 6.07 Å². The fourth-order valence-electron chi connectivity index (χ4n) is 2.95. The van der Waals surface area contributed by atoms with Gasteiger partial charge in [-0.2, -0.15) is 0 Å². The first-order chi connectivity index (χ1) is 11.5. The molecule has 0 aliphatic heterocycles. The Kier molecular flexibility index (Phi) is 4.49. The summed E-state index contributed by atoms with van der Waals surface area (Å²) in [4.78, 5) is 14.7. The van der Waals surface area contributed by atoms with Crippen molar-refractivity contribution in [3.05, 3.63) is 52.5 Å². The Morgan fingerprint density at radius 3 is 2.79 bits per heavy atom. The van der Waals surface area contributed by atoms with Crippen molar-refractivity contribution in [3.63, 3.8) is 0 Å². The molecule has 124 valence electrons. The third-order valence-corrected chi connectivity index (χ3v) is 4.29. The number of aryl methyl sites for hydroxylation is 1. The molecule has 4 nitrogen and oxygen atoms in total. The molecule has 0 unspecified atom stereocenters. The van der Waals surface area contributed by atoms with Crippen LogP contribution in [0.15, 0.2) is 36.4 Å². The van der Waals surface area contributed by atoms with Crippen molar-refractivity contribution in [2.45, 2.75) is 20.3 Å². The van der Waals surface area contributed by atoms with Crippen LogP contribution in [-0.4, -0.2) is 22.7 Å². The van der Waals surface area contributed by atoms with E-state index in [0.29, 0.717) is 17.2 Å². The van der Waals surface area contributed by atoms with Gasteiger partial charge in [0.05, 0.1) is 29.3 Å². The fraction of sp³-hybridized carbons (Fsp3) is 0.211. The molecule has 3 rings (SSSR count). The summed E-state index contributed by atoms with van der Waals surface area (Å²) in [5.74, 6) is -0.145. The largest absolute Gasteiger partial charge is 0.494 e. The molecule has 0 aliphatic rings. The summed E-state index contributed by atoms with van der Waals surface area (Å²) in [6.45, 7) is 4.47. The number of carboxylic acids is 1. The molecule has 0 aliphatic carbocycles. The van der Waals surface area contributed by atoms with E-state index in [4.69, 9.17) is 16.3 Å². The number of H-pyrrole nitrogens is 1. The quantitative estimate of drug-likeness (QED) is 0.698. The van der Waals surface area contributed by atoms with Crippen LogP contribution < -0.4 is 4.74 Å². The van der Waals surface area contributed by atoms with E-state index < -0.39 is 5.97 Å². The predicted octanol–water partition coefficient (Wildman–Crippen LogP) is 4.82. The van der Waals surface area contributed by atoms with Crippen LogP contribution in [0.4, 0.5) is 0 Å². The maximum absolute atomic E-state index is 11.4. The van der Waals surface area contributed by atoms with Gasteiger partial charge in [-0.3, -0.25) is 4.79 Å². The van der Waals surface area contributed by atoms with E-state index in [9.17, 15) is 9.90 Å². The van der Waals surface area contributed by atoms with Crippen LogP contribution in [-0.2, 0) is 11.2 Å². The molecule has 0 spiro atoms. The minimum absolute atomic E-state index is 0.0998. The number of ether oxygens (including phenoxy) is 1. The second-order valence-electron chi connectivity index (χ2n) is 5.62. The normalized spacial score (nSPS) is 11.0. The van der Waals surface area contributed by atoms with E-state index in [1.165, 1.54) is 0 Å². The van der Waals surface area contributed by atoms with Crippen LogP contribution in [0.2, 0.25) is 5.02 Å². The number of fused-ring (bicyclic) bond motifs is 1. The molecule has 0 saturated heterocycles. The maximum atomic E-state index is 11.4. The molecule has 5 heteroatoms. The van der Waals surface area contributed by atoms with Gasteiger partial charge >= 0.3 is 5.97 Å². The van der Waals surface area contributed by atoms with Crippen LogP contribution in [0, 0.1) is 6.92 Å². The number of carboxylic acid groups (broad SMARTS) is 1. The fourth-order valence-corrected chi connectivity index (χ4v) is 3.22. The second kappa shape index (κ2) is 6.57. The van der Waals surface area contributed by atoms with Crippen LogP contribution in [0.3, 0.4) is 0 Å². The number of carbonyl (C=O) groups is 1. The Bertz CT molecular complexity index is 914. The Morgan fingerprint density at radius 2 is 2.08 bits per heavy atom. The summed E-state index contributed by atoms with van der Waals surface area (Å²) in [6.07, 6.45) is -0.0998. The van der Waals surface area contributed by atoms with Crippen LogP contribution >= 0.6 is 11.6 Å². The van der Waals surface area contributed by atoms with Gasteiger partial charge < -0.3 is 14.8 Å². The minimum atomic E-state index is -0.893. The summed E-state index contributed by atoms with van der Waals surface area (Å²) in [5.41, 5.74) is 4.23. The Morgan fingerprint density at radius 1 is 1.29 bits per heavy atom. The van der Waals surface area contributed by atoms with E-state index in [0.717, 1.165) is 33.5 Å². The van der Waals surface area contributed by atoms with Crippen molar-refractivity contribution >= 4 is 28.5 Å². The molecule has 0 saturated carbocycles. The summed E-state index contributed by atoms with van der Waals surface area (Å²) in [6, 6.07) is 11.3. The molecule has 0 amide bonds. The third-order valence-electron chi connectivity index (χ3n) is 3.98. The van der Waals surface area contributed by atoms with Gasteiger partial charge in [0.25, 0.3) is 0 Å². The number of aliphatic carboxylic acids is 1. The number of nitrogens with one attached hydrogen (secondary N) is 1. The zero-order valence-corrected chi connectivity index (χ0v) is 14.3. The van der Waals surface area contributed by atoms with Crippen molar-refractivity contribution in [1.82, 2.24) is 4.98 Å². The van der Waals surface area contributed by atoms with E-state index in [2.05, 4.69) is 4.98 Å². The Hall–Kier alpha value is -2.46. The molecule has 0 atom stereocenters. The first-order valence-corrected chi connectivity index (χ1v) is 8.13. The molecule has 2 N–H and O–H groups in total. The standard InChI is InChI=1S/C19H18ClNO3/c1-3-24-13-6-4-5-12(9-13)19-14(10-16(22)23)17-15(20)8-7-11(2)18(17)21-19/h4-9,21H,3,10H2,1-2H3,(H,22,23). The smallest absolute Gasteiger partial charge is 0.307 e. The van der Waals surface area contributed by atoms with Crippen molar-refractivity contribution in [1.29, 1.82) is 0 Å². The highest BCUT2D eigenvalue weighted by molar-refractivity contribution is 6.36. The van der Waals surface area contributed by atoms with E-state index in [1.807, 2.05) is 44.2 Å². The topological polar surface area (TPSA) is 62.3 Å². The van der Waals surface area contributed by atoms with Crippen molar-refractivity contribution in [2.75, 3.05) is 6.61 Å². The zero-order valence-electron chi connectivity index (χ0n) is 13.5. The van der Waals surface area contributed by atoms with Gasteiger partial charge in [0, 0.05) is 10.9 Å². The summed E-state index contributed by atoms with van der Waals surface area (Å²) >= 11 is 6.36. The maximum Gasteiger partial charge on any atom is 0.307 e. The number of aromatic amines is 1. The molecular formula is C19H18ClNO3. The molecule has 1 heterocycles. The first kappa shape index (κ1) is 16.4. The lowest BCUT2D eigenvalue weighted by Gasteiger charge is -2.07. The van der Waals surface area contributed by atoms with Crippen molar-refractivity contribution < 1.29 is 14.6 Å². The number of halogens is 1. The molecule has 0 radical (unpaired) electrons. The number of aromatic nitrogens is 1. The van der Waals surface area contributed by atoms with Crippen LogP contribution in [0.1, 0.15) is 18.1 Å². The Balaban J connectivity index is 2.27. The molecule has 1 aromatic heterocycles. The third kappa shape index (κ3) is 2.97. The van der Waals surface area contributed by atoms with Gasteiger partial charge in [-0.25, -0.2) is 0 Å². The molecule has 2 aromatic carbocycles.